The van der Waals surface area contributed by atoms with Crippen LogP contribution in [0.15, 0.2) is 36.4 Å². The van der Waals surface area contributed by atoms with Crippen LogP contribution >= 0.6 is 0 Å². The zero-order chi connectivity index (χ0) is 30.6. The molecule has 0 radical (unpaired) electrons. The van der Waals surface area contributed by atoms with Gasteiger partial charge in [0.1, 0.15) is 5.75 Å². The van der Waals surface area contributed by atoms with Crippen LogP contribution in [-0.4, -0.2) is 73.7 Å². The SMILES string of the molecule is CCOc1cc(C(=O)OC)c(C2CC2)cc1CN1CCC2(CC1)CC(=O)N(c1ccc(C(=O)NCCCC(=O)O)cc1)C2. The number of carboxylic acids is 1. The van der Waals surface area contributed by atoms with Crippen LogP contribution in [0, 0.1) is 5.41 Å². The van der Waals surface area contributed by atoms with Crippen molar-refractivity contribution in [3.63, 3.8) is 0 Å². The molecule has 2 amide bonds. The molecule has 3 fully saturated rings. The molecular formula is C33H41N3O7. The van der Waals surface area contributed by atoms with Crippen LogP contribution in [0.4, 0.5) is 5.69 Å². The largest absolute Gasteiger partial charge is 0.494 e. The molecule has 10 heteroatoms. The first-order valence-electron chi connectivity index (χ1n) is 15.2. The van der Waals surface area contributed by atoms with Crippen molar-refractivity contribution < 1.29 is 33.8 Å². The van der Waals surface area contributed by atoms with Crippen LogP contribution in [0.1, 0.15) is 89.6 Å². The average Bonchev–Trinajstić information content (AvgIpc) is 3.80. The van der Waals surface area contributed by atoms with E-state index < -0.39 is 5.97 Å². The number of methoxy groups -OCH3 is 1. The lowest BCUT2D eigenvalue weighted by Crippen LogP contribution is -2.41. The van der Waals surface area contributed by atoms with Crippen LogP contribution in [0.5, 0.6) is 5.75 Å². The molecule has 2 heterocycles. The van der Waals surface area contributed by atoms with E-state index in [0.29, 0.717) is 49.6 Å². The van der Waals surface area contributed by atoms with Crippen molar-refractivity contribution in [1.29, 1.82) is 0 Å². The second-order valence-electron chi connectivity index (χ2n) is 12.0. The molecule has 0 bridgehead atoms. The number of rotatable bonds is 12. The number of esters is 1. The zero-order valence-corrected chi connectivity index (χ0v) is 25.0. The van der Waals surface area contributed by atoms with E-state index in [1.807, 2.05) is 30.0 Å². The lowest BCUT2D eigenvalue weighted by Gasteiger charge is -2.39. The van der Waals surface area contributed by atoms with Gasteiger partial charge in [0.25, 0.3) is 5.91 Å². The number of nitrogens with zero attached hydrogens (tertiary/aromatic N) is 2. The number of anilines is 1. The minimum atomic E-state index is -0.887. The maximum atomic E-state index is 13.1. The quantitative estimate of drug-likeness (QED) is 0.276. The number of nitrogens with one attached hydrogen (secondary N) is 1. The van der Waals surface area contributed by atoms with Crippen molar-refractivity contribution in [2.75, 3.05) is 44.8 Å². The van der Waals surface area contributed by atoms with Crippen LogP contribution < -0.4 is 15.0 Å². The Kier molecular flexibility index (Phi) is 9.34. The molecule has 10 nitrogen and oxygen atoms in total. The summed E-state index contributed by atoms with van der Waals surface area (Å²) in [4.78, 5) is 52.9. The van der Waals surface area contributed by atoms with Crippen molar-refractivity contribution in [3.05, 3.63) is 58.7 Å². The molecule has 2 aromatic carbocycles. The summed E-state index contributed by atoms with van der Waals surface area (Å²) in [5, 5.41) is 11.5. The Morgan fingerprint density at radius 2 is 1.81 bits per heavy atom. The highest BCUT2D eigenvalue weighted by molar-refractivity contribution is 5.98. The molecule has 2 aromatic rings. The van der Waals surface area contributed by atoms with Crippen molar-refractivity contribution in [3.8, 4) is 5.75 Å². The molecule has 2 aliphatic heterocycles. The van der Waals surface area contributed by atoms with Crippen molar-refractivity contribution in [2.24, 2.45) is 5.41 Å². The molecule has 1 saturated carbocycles. The number of carbonyl (C=O) groups excluding carboxylic acids is 3. The van der Waals surface area contributed by atoms with Crippen LogP contribution in [0.2, 0.25) is 0 Å². The first-order valence-corrected chi connectivity index (χ1v) is 15.2. The van der Waals surface area contributed by atoms with E-state index in [9.17, 15) is 19.2 Å². The Morgan fingerprint density at radius 3 is 2.44 bits per heavy atom. The fourth-order valence-corrected chi connectivity index (χ4v) is 6.30. The second kappa shape index (κ2) is 13.2. The first-order chi connectivity index (χ1) is 20.7. The average molecular weight is 592 g/mol. The molecule has 43 heavy (non-hydrogen) atoms. The standard InChI is InChI=1S/C33H41N3O7/c1-3-43-28-18-27(32(41)42-2)26(22-6-7-22)17-24(28)20-35-15-12-33(13-16-35)19-29(37)36(21-33)25-10-8-23(9-11-25)31(40)34-14-4-5-30(38)39/h8-11,17-18,22H,3-7,12-16,19-21H2,1-2H3,(H,34,40)(H,38,39). The molecule has 2 N–H and O–H groups in total. The summed E-state index contributed by atoms with van der Waals surface area (Å²) in [6.07, 6.45) is 4.87. The van der Waals surface area contributed by atoms with Crippen molar-refractivity contribution in [2.45, 2.75) is 64.3 Å². The number of benzene rings is 2. The highest BCUT2D eigenvalue weighted by Crippen LogP contribution is 2.45. The molecule has 2 saturated heterocycles. The highest BCUT2D eigenvalue weighted by Gasteiger charge is 2.45. The van der Waals surface area contributed by atoms with E-state index in [2.05, 4.69) is 16.3 Å². The number of hydrogen-bond acceptors (Lipinski definition) is 7. The summed E-state index contributed by atoms with van der Waals surface area (Å²) in [6, 6.07) is 11.0. The molecule has 3 aliphatic rings. The van der Waals surface area contributed by atoms with Gasteiger partial charge in [-0.25, -0.2) is 4.79 Å². The molecule has 1 spiro atoms. The third-order valence-electron chi connectivity index (χ3n) is 8.88. The van der Waals surface area contributed by atoms with Crippen LogP contribution in [0.3, 0.4) is 0 Å². The number of hydrogen-bond donors (Lipinski definition) is 2. The van der Waals surface area contributed by atoms with Gasteiger partial charge in [-0.3, -0.25) is 19.3 Å². The highest BCUT2D eigenvalue weighted by atomic mass is 16.5. The minimum Gasteiger partial charge on any atom is -0.494 e. The van der Waals surface area contributed by atoms with Gasteiger partial charge in [0.2, 0.25) is 5.91 Å². The summed E-state index contributed by atoms with van der Waals surface area (Å²) in [5.41, 5.74) is 3.92. The smallest absolute Gasteiger partial charge is 0.338 e. The first kappa shape index (κ1) is 30.5. The number of likely N-dealkylation sites (tertiary alicyclic amines) is 1. The number of amides is 2. The fraction of sp³-hybridized carbons (Fsp3) is 0.515. The molecule has 0 unspecified atom stereocenters. The lowest BCUT2D eigenvalue weighted by molar-refractivity contribution is -0.137. The van der Waals surface area contributed by atoms with E-state index in [-0.39, 0.29) is 29.6 Å². The van der Waals surface area contributed by atoms with Gasteiger partial charge in [-0.1, -0.05) is 0 Å². The number of carboxylic acid groups (broad SMARTS) is 1. The summed E-state index contributed by atoms with van der Waals surface area (Å²) in [6.45, 7) is 5.86. The van der Waals surface area contributed by atoms with Gasteiger partial charge < -0.3 is 24.8 Å². The Bertz CT molecular complexity index is 1360. The van der Waals surface area contributed by atoms with E-state index in [0.717, 1.165) is 67.9 Å². The van der Waals surface area contributed by atoms with Crippen LogP contribution in [-0.2, 0) is 20.9 Å². The van der Waals surface area contributed by atoms with Gasteiger partial charge >= 0.3 is 11.9 Å². The second-order valence-corrected chi connectivity index (χ2v) is 12.0. The topological polar surface area (TPSA) is 125 Å². The molecule has 0 atom stereocenters. The Balaban J connectivity index is 1.19. The fourth-order valence-electron chi connectivity index (χ4n) is 6.30. The summed E-state index contributed by atoms with van der Waals surface area (Å²) >= 11 is 0. The predicted octanol–water partition coefficient (Wildman–Crippen LogP) is 4.36. The van der Waals surface area contributed by atoms with Crippen molar-refractivity contribution >= 4 is 29.4 Å². The summed E-state index contributed by atoms with van der Waals surface area (Å²) in [5.74, 6) is -0.239. The monoisotopic (exact) mass is 591 g/mol. The Labute approximate surface area is 252 Å². The maximum absolute atomic E-state index is 13.1. The Morgan fingerprint density at radius 1 is 1.09 bits per heavy atom. The summed E-state index contributed by atoms with van der Waals surface area (Å²) < 4.78 is 11.0. The normalized spacial score (nSPS) is 18.1. The molecule has 230 valence electrons. The molecule has 1 aliphatic carbocycles. The number of aliphatic carboxylic acids is 1. The van der Waals surface area contributed by atoms with Gasteiger partial charge in [0.15, 0.2) is 0 Å². The van der Waals surface area contributed by atoms with Gasteiger partial charge in [0.05, 0.1) is 19.3 Å². The lowest BCUT2D eigenvalue weighted by atomic mass is 9.77. The molecule has 5 rings (SSSR count). The number of carbonyl (C=O) groups is 4. The maximum Gasteiger partial charge on any atom is 0.338 e. The summed E-state index contributed by atoms with van der Waals surface area (Å²) in [7, 11) is 1.41. The third kappa shape index (κ3) is 7.18. The molecular weight excluding hydrogens is 550 g/mol. The van der Waals surface area contributed by atoms with Gasteiger partial charge in [-0.05, 0) is 105 Å². The number of piperidine rings is 1. The molecule has 0 aromatic heterocycles. The Hall–Kier alpha value is -3.92. The van der Waals surface area contributed by atoms with Gasteiger partial charge in [-0.15, -0.1) is 0 Å². The van der Waals surface area contributed by atoms with Crippen LogP contribution in [0.25, 0.3) is 0 Å². The van der Waals surface area contributed by atoms with E-state index in [1.54, 1.807) is 12.1 Å². The van der Waals surface area contributed by atoms with E-state index >= 15 is 0 Å². The zero-order valence-electron chi connectivity index (χ0n) is 25.0. The number of ether oxygens (including phenoxy) is 2. The third-order valence-corrected chi connectivity index (χ3v) is 8.88. The minimum absolute atomic E-state index is 0.00953. The van der Waals surface area contributed by atoms with Crippen molar-refractivity contribution in [1.82, 2.24) is 10.2 Å². The van der Waals surface area contributed by atoms with E-state index in [1.165, 1.54) is 7.11 Å². The van der Waals surface area contributed by atoms with E-state index in [4.69, 9.17) is 14.6 Å². The van der Waals surface area contributed by atoms with Gasteiger partial charge in [0, 0.05) is 49.3 Å². The predicted molar refractivity (Wildman–Crippen MR) is 160 cm³/mol. The van der Waals surface area contributed by atoms with Gasteiger partial charge in [-0.2, -0.15) is 0 Å².